The summed E-state index contributed by atoms with van der Waals surface area (Å²) >= 11 is 5.73. The third-order valence-electron chi connectivity index (χ3n) is 3.26. The van der Waals surface area contributed by atoms with E-state index in [1.54, 1.807) is 6.20 Å². The first-order valence-corrected chi connectivity index (χ1v) is 5.77. The van der Waals surface area contributed by atoms with Gasteiger partial charge in [-0.15, -0.1) is 0 Å². The SMILES string of the molecule is O=C(O)C1CCc2[nH]c3nc(Cl)ncc3c2C1. The van der Waals surface area contributed by atoms with Crippen molar-refractivity contribution in [3.05, 3.63) is 22.7 Å². The summed E-state index contributed by atoms with van der Waals surface area (Å²) in [7, 11) is 0. The summed E-state index contributed by atoms with van der Waals surface area (Å²) in [6.45, 7) is 0. The minimum absolute atomic E-state index is 0.200. The van der Waals surface area contributed by atoms with E-state index in [1.165, 1.54) is 0 Å². The molecular weight excluding hydrogens is 242 g/mol. The molecule has 0 spiro atoms. The number of carboxylic acid groups (broad SMARTS) is 1. The van der Waals surface area contributed by atoms with Gasteiger partial charge in [0.1, 0.15) is 5.65 Å². The zero-order chi connectivity index (χ0) is 12.0. The van der Waals surface area contributed by atoms with Crippen LogP contribution in [-0.2, 0) is 17.6 Å². The molecule has 2 aromatic rings. The average Bonchev–Trinajstić information content (AvgIpc) is 2.64. The summed E-state index contributed by atoms with van der Waals surface area (Å²) in [5, 5.41) is 10.1. The van der Waals surface area contributed by atoms with Gasteiger partial charge in [-0.25, -0.2) is 4.98 Å². The van der Waals surface area contributed by atoms with Crippen LogP contribution in [0.4, 0.5) is 0 Å². The summed E-state index contributed by atoms with van der Waals surface area (Å²) in [5.41, 5.74) is 2.78. The van der Waals surface area contributed by atoms with E-state index in [-0.39, 0.29) is 11.2 Å². The van der Waals surface area contributed by atoms with Gasteiger partial charge in [0.25, 0.3) is 0 Å². The maximum atomic E-state index is 11.0. The molecule has 17 heavy (non-hydrogen) atoms. The molecule has 0 fully saturated rings. The number of carbonyl (C=O) groups is 1. The fraction of sp³-hybridized carbons (Fsp3) is 0.364. The first kappa shape index (κ1) is 10.5. The van der Waals surface area contributed by atoms with Crippen LogP contribution in [0.3, 0.4) is 0 Å². The molecule has 0 aromatic carbocycles. The lowest BCUT2D eigenvalue weighted by Crippen LogP contribution is -2.21. The standard InChI is InChI=1S/C11H10ClN3O2/c12-11-13-4-7-6-3-5(10(16)17)1-2-8(6)14-9(7)15-11/h4-5H,1-3H2,(H,16,17)(H,13,14,15). The Kier molecular flexibility index (Phi) is 2.29. The molecule has 0 radical (unpaired) electrons. The molecule has 3 rings (SSSR count). The van der Waals surface area contributed by atoms with Gasteiger partial charge in [0.2, 0.25) is 5.28 Å². The first-order chi connectivity index (χ1) is 8.15. The van der Waals surface area contributed by atoms with Gasteiger partial charge in [-0.2, -0.15) is 4.98 Å². The van der Waals surface area contributed by atoms with Gasteiger partial charge >= 0.3 is 5.97 Å². The molecule has 2 N–H and O–H groups in total. The summed E-state index contributed by atoms with van der Waals surface area (Å²) in [4.78, 5) is 22.2. The van der Waals surface area contributed by atoms with Gasteiger partial charge < -0.3 is 10.1 Å². The Morgan fingerprint density at radius 1 is 1.59 bits per heavy atom. The summed E-state index contributed by atoms with van der Waals surface area (Å²) < 4.78 is 0. The number of carboxylic acids is 1. The zero-order valence-electron chi connectivity index (χ0n) is 8.90. The smallest absolute Gasteiger partial charge is 0.306 e. The van der Waals surface area contributed by atoms with Crippen molar-refractivity contribution in [3.8, 4) is 0 Å². The van der Waals surface area contributed by atoms with Crippen molar-refractivity contribution in [2.45, 2.75) is 19.3 Å². The van der Waals surface area contributed by atoms with E-state index < -0.39 is 5.97 Å². The van der Waals surface area contributed by atoms with Gasteiger partial charge in [-0.1, -0.05) is 0 Å². The largest absolute Gasteiger partial charge is 0.481 e. The van der Waals surface area contributed by atoms with Crippen molar-refractivity contribution in [1.82, 2.24) is 15.0 Å². The van der Waals surface area contributed by atoms with Gasteiger partial charge in [-0.3, -0.25) is 4.79 Å². The molecule has 1 aliphatic carbocycles. The highest BCUT2D eigenvalue weighted by Crippen LogP contribution is 2.31. The number of aryl methyl sites for hydroxylation is 1. The van der Waals surface area contributed by atoms with E-state index in [9.17, 15) is 4.79 Å². The van der Waals surface area contributed by atoms with Crippen molar-refractivity contribution in [3.63, 3.8) is 0 Å². The highest BCUT2D eigenvalue weighted by Gasteiger charge is 2.27. The molecule has 0 saturated carbocycles. The number of aliphatic carboxylic acids is 1. The van der Waals surface area contributed by atoms with Crippen LogP contribution in [0.15, 0.2) is 6.20 Å². The minimum atomic E-state index is -0.736. The maximum absolute atomic E-state index is 11.0. The van der Waals surface area contributed by atoms with Crippen LogP contribution in [0.5, 0.6) is 0 Å². The Bertz CT molecular complexity index is 608. The number of hydrogen-bond acceptors (Lipinski definition) is 3. The number of halogens is 1. The Balaban J connectivity index is 2.12. The number of nitrogens with zero attached hydrogens (tertiary/aromatic N) is 2. The molecule has 5 nitrogen and oxygen atoms in total. The molecule has 0 amide bonds. The van der Waals surface area contributed by atoms with Gasteiger partial charge in [0.05, 0.1) is 5.92 Å². The highest BCUT2D eigenvalue weighted by atomic mass is 35.5. The molecule has 6 heteroatoms. The Hall–Kier alpha value is -1.62. The van der Waals surface area contributed by atoms with E-state index >= 15 is 0 Å². The molecule has 88 valence electrons. The molecule has 0 bridgehead atoms. The summed E-state index contributed by atoms with van der Waals surface area (Å²) in [5.74, 6) is -1.04. The van der Waals surface area contributed by atoms with Crippen molar-refractivity contribution in [2.75, 3.05) is 0 Å². The number of fused-ring (bicyclic) bond motifs is 3. The Labute approximate surface area is 102 Å². The number of aromatic nitrogens is 3. The van der Waals surface area contributed by atoms with Crippen LogP contribution in [0.25, 0.3) is 11.0 Å². The Morgan fingerprint density at radius 2 is 2.41 bits per heavy atom. The zero-order valence-corrected chi connectivity index (χ0v) is 9.66. The fourth-order valence-corrected chi connectivity index (χ4v) is 2.52. The van der Waals surface area contributed by atoms with E-state index in [2.05, 4.69) is 15.0 Å². The predicted molar refractivity (Wildman–Crippen MR) is 62.0 cm³/mol. The first-order valence-electron chi connectivity index (χ1n) is 5.40. The predicted octanol–water partition coefficient (Wildman–Crippen LogP) is 1.80. The molecule has 2 heterocycles. The lowest BCUT2D eigenvalue weighted by atomic mass is 9.87. The normalized spacial score (nSPS) is 19.2. The second kappa shape index (κ2) is 3.70. The quantitative estimate of drug-likeness (QED) is 0.758. The highest BCUT2D eigenvalue weighted by molar-refractivity contribution is 6.28. The third kappa shape index (κ3) is 1.67. The van der Waals surface area contributed by atoms with Crippen molar-refractivity contribution in [2.24, 2.45) is 5.92 Å². The van der Waals surface area contributed by atoms with Gasteiger partial charge in [0.15, 0.2) is 0 Å². The number of hydrogen-bond donors (Lipinski definition) is 2. The second-order valence-corrected chi connectivity index (χ2v) is 4.60. The van der Waals surface area contributed by atoms with Crippen LogP contribution in [0.2, 0.25) is 5.28 Å². The summed E-state index contributed by atoms with van der Waals surface area (Å²) in [6.07, 6.45) is 3.59. The van der Waals surface area contributed by atoms with E-state index in [0.29, 0.717) is 18.5 Å². The van der Waals surface area contributed by atoms with E-state index in [0.717, 1.165) is 23.1 Å². The number of nitrogens with one attached hydrogen (secondary N) is 1. The fourth-order valence-electron chi connectivity index (χ4n) is 2.38. The Morgan fingerprint density at radius 3 is 3.18 bits per heavy atom. The molecule has 1 atom stereocenters. The molecular formula is C11H10ClN3O2. The number of rotatable bonds is 1. The lowest BCUT2D eigenvalue weighted by molar-refractivity contribution is -0.142. The van der Waals surface area contributed by atoms with E-state index in [1.807, 2.05) is 0 Å². The van der Waals surface area contributed by atoms with Gasteiger partial charge in [-0.05, 0) is 36.4 Å². The van der Waals surface area contributed by atoms with Crippen LogP contribution < -0.4 is 0 Å². The minimum Gasteiger partial charge on any atom is -0.481 e. The van der Waals surface area contributed by atoms with Crippen LogP contribution in [0, 0.1) is 5.92 Å². The second-order valence-electron chi connectivity index (χ2n) is 4.26. The topological polar surface area (TPSA) is 78.9 Å². The van der Waals surface area contributed by atoms with Crippen molar-refractivity contribution >= 4 is 28.6 Å². The van der Waals surface area contributed by atoms with Crippen LogP contribution in [0.1, 0.15) is 17.7 Å². The monoisotopic (exact) mass is 251 g/mol. The van der Waals surface area contributed by atoms with Crippen molar-refractivity contribution < 1.29 is 9.90 Å². The maximum Gasteiger partial charge on any atom is 0.306 e. The summed E-state index contributed by atoms with van der Waals surface area (Å²) in [6, 6.07) is 0. The number of H-pyrrole nitrogens is 1. The lowest BCUT2D eigenvalue weighted by Gasteiger charge is -2.18. The van der Waals surface area contributed by atoms with E-state index in [4.69, 9.17) is 16.7 Å². The molecule has 0 saturated heterocycles. The van der Waals surface area contributed by atoms with Gasteiger partial charge in [0, 0.05) is 17.3 Å². The molecule has 0 aliphatic heterocycles. The average molecular weight is 252 g/mol. The van der Waals surface area contributed by atoms with Crippen LogP contribution >= 0.6 is 11.6 Å². The van der Waals surface area contributed by atoms with Crippen molar-refractivity contribution in [1.29, 1.82) is 0 Å². The third-order valence-corrected chi connectivity index (χ3v) is 3.44. The number of aromatic amines is 1. The molecule has 1 unspecified atom stereocenters. The molecule has 1 aliphatic rings. The van der Waals surface area contributed by atoms with Crippen LogP contribution in [-0.4, -0.2) is 26.0 Å². The molecule has 2 aromatic heterocycles.